The van der Waals surface area contributed by atoms with Gasteiger partial charge in [0.2, 0.25) is 0 Å². The normalized spacial score (nSPS) is 10.2. The number of rotatable bonds is 3. The molecular weight excluding hydrogens is 267 g/mol. The van der Waals surface area contributed by atoms with Gasteiger partial charge in [0, 0.05) is 10.4 Å². The molecule has 76 valence electrons. The van der Waals surface area contributed by atoms with E-state index in [9.17, 15) is 4.79 Å². The van der Waals surface area contributed by atoms with Gasteiger partial charge in [0.25, 0.3) is 0 Å². The molecule has 1 N–H and O–H groups in total. The molecule has 0 aliphatic rings. The first-order chi connectivity index (χ1) is 6.56. The summed E-state index contributed by atoms with van der Waals surface area (Å²) in [6, 6.07) is 3.79. The predicted octanol–water partition coefficient (Wildman–Crippen LogP) is 3.17. The summed E-state index contributed by atoms with van der Waals surface area (Å²) in [7, 11) is 0. The second kappa shape index (κ2) is 4.80. The molecule has 0 saturated carbocycles. The Balaban J connectivity index is 3.18. The van der Waals surface area contributed by atoms with Crippen molar-refractivity contribution < 1.29 is 9.90 Å². The van der Waals surface area contributed by atoms with E-state index in [1.54, 1.807) is 0 Å². The quantitative estimate of drug-likeness (QED) is 0.862. The summed E-state index contributed by atoms with van der Waals surface area (Å²) in [5.41, 5.74) is 2.55. The zero-order valence-corrected chi connectivity index (χ0v) is 10.0. The molecule has 1 aromatic rings. The molecule has 0 aliphatic heterocycles. The van der Waals surface area contributed by atoms with E-state index >= 15 is 0 Å². The van der Waals surface area contributed by atoms with Gasteiger partial charge in [-0.2, -0.15) is 0 Å². The van der Waals surface area contributed by atoms with Crippen LogP contribution >= 0.6 is 27.5 Å². The fourth-order valence-electron chi connectivity index (χ4n) is 1.24. The summed E-state index contributed by atoms with van der Waals surface area (Å²) < 4.78 is 0. The highest BCUT2D eigenvalue weighted by atomic mass is 79.9. The highest BCUT2D eigenvalue weighted by Crippen LogP contribution is 2.26. The Hall–Kier alpha value is -0.540. The van der Waals surface area contributed by atoms with Gasteiger partial charge in [0.15, 0.2) is 0 Å². The van der Waals surface area contributed by atoms with Crippen LogP contribution in [0.4, 0.5) is 0 Å². The van der Waals surface area contributed by atoms with Crippen LogP contribution in [0.25, 0.3) is 0 Å². The molecule has 0 spiro atoms. The van der Waals surface area contributed by atoms with Crippen molar-refractivity contribution in [3.05, 3.63) is 33.8 Å². The smallest absolute Gasteiger partial charge is 0.307 e. The number of benzene rings is 1. The average Bonchev–Trinajstić information content (AvgIpc) is 2.12. The molecule has 0 amide bonds. The van der Waals surface area contributed by atoms with Gasteiger partial charge >= 0.3 is 5.97 Å². The molecule has 0 bridgehead atoms. The molecule has 0 unspecified atom stereocenters. The number of carboxylic acid groups (broad SMARTS) is 1. The van der Waals surface area contributed by atoms with E-state index < -0.39 is 5.97 Å². The van der Waals surface area contributed by atoms with Crippen LogP contribution in [0.2, 0.25) is 5.02 Å². The van der Waals surface area contributed by atoms with E-state index in [4.69, 9.17) is 16.7 Å². The Kier molecular flexibility index (Phi) is 3.96. The minimum Gasteiger partial charge on any atom is -0.481 e. The second-order valence-corrected chi connectivity index (χ2v) is 3.98. The standard InChI is InChI=1S/C10H10BrClO2/c1-6-2-3-7(5-11)10(12)8(6)4-9(13)14/h2-3H,4-5H2,1H3,(H,13,14). The monoisotopic (exact) mass is 276 g/mol. The Morgan fingerprint density at radius 1 is 1.57 bits per heavy atom. The maximum atomic E-state index is 10.6. The number of hydrogen-bond donors (Lipinski definition) is 1. The zero-order chi connectivity index (χ0) is 10.7. The molecule has 14 heavy (non-hydrogen) atoms. The van der Waals surface area contributed by atoms with Crippen LogP contribution in [-0.4, -0.2) is 11.1 Å². The summed E-state index contributed by atoms with van der Waals surface area (Å²) in [5, 5.41) is 9.91. The van der Waals surface area contributed by atoms with E-state index in [0.29, 0.717) is 15.9 Å². The first-order valence-corrected chi connectivity index (χ1v) is 5.60. The van der Waals surface area contributed by atoms with Crippen molar-refractivity contribution in [2.24, 2.45) is 0 Å². The Morgan fingerprint density at radius 2 is 2.21 bits per heavy atom. The fraction of sp³-hybridized carbons (Fsp3) is 0.300. The first kappa shape index (κ1) is 11.5. The van der Waals surface area contributed by atoms with Crippen molar-refractivity contribution in [3.63, 3.8) is 0 Å². The highest BCUT2D eigenvalue weighted by molar-refractivity contribution is 9.08. The van der Waals surface area contributed by atoms with Crippen LogP contribution in [0, 0.1) is 6.92 Å². The third kappa shape index (κ3) is 2.49. The minimum atomic E-state index is -0.860. The summed E-state index contributed by atoms with van der Waals surface area (Å²) in [5.74, 6) is -0.860. The fourth-order valence-corrected chi connectivity index (χ4v) is 2.21. The van der Waals surface area contributed by atoms with E-state index in [2.05, 4.69) is 15.9 Å². The number of alkyl halides is 1. The lowest BCUT2D eigenvalue weighted by Gasteiger charge is -2.09. The number of aliphatic carboxylic acids is 1. The van der Waals surface area contributed by atoms with Gasteiger partial charge in [-0.1, -0.05) is 39.7 Å². The second-order valence-electron chi connectivity index (χ2n) is 3.04. The van der Waals surface area contributed by atoms with Gasteiger partial charge in [-0.3, -0.25) is 4.79 Å². The molecule has 0 radical (unpaired) electrons. The molecule has 0 aliphatic carbocycles. The van der Waals surface area contributed by atoms with Gasteiger partial charge < -0.3 is 5.11 Å². The number of halogens is 2. The lowest BCUT2D eigenvalue weighted by molar-refractivity contribution is -0.136. The first-order valence-electron chi connectivity index (χ1n) is 4.11. The molecule has 0 saturated heterocycles. The Labute approximate surface area is 96.0 Å². The third-order valence-corrected chi connectivity index (χ3v) is 3.10. The Morgan fingerprint density at radius 3 is 2.71 bits per heavy atom. The Bertz CT molecular complexity index is 363. The van der Waals surface area contributed by atoms with Gasteiger partial charge in [0.05, 0.1) is 6.42 Å². The summed E-state index contributed by atoms with van der Waals surface area (Å²) in [6.07, 6.45) is -0.0223. The lowest BCUT2D eigenvalue weighted by atomic mass is 10.0. The molecule has 1 aromatic carbocycles. The molecular formula is C10H10BrClO2. The summed E-state index contributed by atoms with van der Waals surface area (Å²) >= 11 is 9.37. The van der Waals surface area contributed by atoms with E-state index in [1.807, 2.05) is 19.1 Å². The molecule has 1 rings (SSSR count). The number of hydrogen-bond acceptors (Lipinski definition) is 1. The largest absolute Gasteiger partial charge is 0.481 e. The number of aryl methyl sites for hydroxylation is 1. The summed E-state index contributed by atoms with van der Waals surface area (Å²) in [6.45, 7) is 1.86. The van der Waals surface area contributed by atoms with Gasteiger partial charge in [-0.15, -0.1) is 0 Å². The van der Waals surface area contributed by atoms with Crippen LogP contribution in [0.1, 0.15) is 16.7 Å². The van der Waals surface area contributed by atoms with Crippen LogP contribution < -0.4 is 0 Å². The number of carboxylic acids is 1. The predicted molar refractivity (Wildman–Crippen MR) is 60.2 cm³/mol. The number of carbonyl (C=O) groups is 1. The topological polar surface area (TPSA) is 37.3 Å². The molecule has 0 heterocycles. The summed E-state index contributed by atoms with van der Waals surface area (Å²) in [4.78, 5) is 10.6. The van der Waals surface area contributed by atoms with Crippen LogP contribution in [-0.2, 0) is 16.5 Å². The van der Waals surface area contributed by atoms with Gasteiger partial charge in [-0.05, 0) is 23.6 Å². The average molecular weight is 278 g/mol. The van der Waals surface area contributed by atoms with Gasteiger partial charge in [-0.25, -0.2) is 0 Å². The van der Waals surface area contributed by atoms with Crippen LogP contribution in [0.15, 0.2) is 12.1 Å². The van der Waals surface area contributed by atoms with E-state index in [0.717, 1.165) is 11.1 Å². The minimum absolute atomic E-state index is 0.0223. The van der Waals surface area contributed by atoms with Crippen LogP contribution in [0.5, 0.6) is 0 Å². The van der Waals surface area contributed by atoms with Crippen molar-refractivity contribution in [1.29, 1.82) is 0 Å². The SMILES string of the molecule is Cc1ccc(CBr)c(Cl)c1CC(=O)O. The molecule has 2 nitrogen and oxygen atoms in total. The van der Waals surface area contributed by atoms with Crippen molar-refractivity contribution in [2.45, 2.75) is 18.7 Å². The maximum Gasteiger partial charge on any atom is 0.307 e. The maximum absolute atomic E-state index is 10.6. The van der Waals surface area contributed by atoms with Crippen molar-refractivity contribution in [1.82, 2.24) is 0 Å². The van der Waals surface area contributed by atoms with Crippen molar-refractivity contribution in [3.8, 4) is 0 Å². The van der Waals surface area contributed by atoms with E-state index in [-0.39, 0.29) is 6.42 Å². The molecule has 0 fully saturated rings. The van der Waals surface area contributed by atoms with E-state index in [1.165, 1.54) is 0 Å². The van der Waals surface area contributed by atoms with Crippen LogP contribution in [0.3, 0.4) is 0 Å². The molecule has 0 aromatic heterocycles. The molecule has 0 atom stereocenters. The van der Waals surface area contributed by atoms with Crippen molar-refractivity contribution in [2.75, 3.05) is 0 Å². The third-order valence-electron chi connectivity index (χ3n) is 2.03. The molecule has 4 heteroatoms. The lowest BCUT2D eigenvalue weighted by Crippen LogP contribution is -2.04. The highest BCUT2D eigenvalue weighted by Gasteiger charge is 2.11. The van der Waals surface area contributed by atoms with Crippen molar-refractivity contribution >= 4 is 33.5 Å². The zero-order valence-electron chi connectivity index (χ0n) is 7.68. The van der Waals surface area contributed by atoms with Gasteiger partial charge in [0.1, 0.15) is 0 Å².